The number of amides is 2. The number of nitrogens with zero attached hydrogens (tertiary/aromatic N) is 3. The number of aromatic amines is 1. The van der Waals surface area contributed by atoms with Gasteiger partial charge in [0, 0.05) is 36.5 Å². The molecule has 0 bridgehead atoms. The third kappa shape index (κ3) is 2.66. The largest absolute Gasteiger partial charge is 0.339 e. The molecule has 0 saturated carbocycles. The zero-order valence-corrected chi connectivity index (χ0v) is 14.2. The first kappa shape index (κ1) is 15.5. The van der Waals surface area contributed by atoms with Crippen LogP contribution in [0.2, 0.25) is 0 Å². The summed E-state index contributed by atoms with van der Waals surface area (Å²) in [6.07, 6.45) is 1.61. The van der Waals surface area contributed by atoms with E-state index in [0.717, 1.165) is 48.3 Å². The Balaban J connectivity index is 1.58. The van der Waals surface area contributed by atoms with Gasteiger partial charge in [-0.15, -0.1) is 0 Å². The Kier molecular flexibility index (Phi) is 4.18. The summed E-state index contributed by atoms with van der Waals surface area (Å²) in [6.45, 7) is 2.19. The highest BCUT2D eigenvalue weighted by atomic mass is 32.2. The molecule has 6 nitrogen and oxygen atoms in total. The van der Waals surface area contributed by atoms with E-state index in [9.17, 15) is 9.59 Å². The van der Waals surface area contributed by atoms with Gasteiger partial charge in [-0.25, -0.2) is 0 Å². The minimum atomic E-state index is -0.337. The second-order valence-electron chi connectivity index (χ2n) is 6.21. The van der Waals surface area contributed by atoms with Crippen molar-refractivity contribution in [3.05, 3.63) is 30.0 Å². The van der Waals surface area contributed by atoms with Gasteiger partial charge < -0.3 is 9.80 Å². The van der Waals surface area contributed by atoms with Crippen LogP contribution in [-0.4, -0.2) is 69.0 Å². The monoisotopic (exact) mass is 344 g/mol. The van der Waals surface area contributed by atoms with Crippen LogP contribution in [0.15, 0.2) is 24.3 Å². The summed E-state index contributed by atoms with van der Waals surface area (Å²) < 4.78 is 0. The molecule has 2 aliphatic heterocycles. The summed E-state index contributed by atoms with van der Waals surface area (Å²) in [5, 5.41) is 7.92. The number of rotatable bonds is 2. The van der Waals surface area contributed by atoms with Crippen LogP contribution in [0.25, 0.3) is 10.9 Å². The van der Waals surface area contributed by atoms with Gasteiger partial charge in [-0.3, -0.25) is 14.7 Å². The predicted octanol–water partition coefficient (Wildman–Crippen LogP) is 1.74. The Labute approximate surface area is 144 Å². The number of fused-ring (bicyclic) bond motifs is 1. The third-order valence-electron chi connectivity index (χ3n) is 4.79. The molecule has 1 N–H and O–H groups in total. The van der Waals surface area contributed by atoms with Crippen LogP contribution in [0.1, 0.15) is 23.3 Å². The minimum Gasteiger partial charge on any atom is -0.339 e. The second-order valence-corrected chi connectivity index (χ2v) is 7.44. The Morgan fingerprint density at radius 3 is 2.79 bits per heavy atom. The molecule has 2 amide bonds. The number of likely N-dealkylation sites (tertiary alicyclic amines) is 1. The third-order valence-corrected chi connectivity index (χ3v) is 5.74. The maximum Gasteiger partial charge on any atom is 0.275 e. The van der Waals surface area contributed by atoms with Gasteiger partial charge >= 0.3 is 0 Å². The maximum absolute atomic E-state index is 13.0. The molecule has 4 rings (SSSR count). The van der Waals surface area contributed by atoms with Gasteiger partial charge in [0.25, 0.3) is 5.91 Å². The van der Waals surface area contributed by atoms with Crippen molar-refractivity contribution in [3.8, 4) is 0 Å². The van der Waals surface area contributed by atoms with Gasteiger partial charge in [0.15, 0.2) is 5.69 Å². The van der Waals surface area contributed by atoms with Gasteiger partial charge in [0.05, 0.1) is 5.52 Å². The topological polar surface area (TPSA) is 69.3 Å². The number of benzene rings is 1. The van der Waals surface area contributed by atoms with Crippen molar-refractivity contribution in [1.29, 1.82) is 0 Å². The number of hydrogen-bond acceptors (Lipinski definition) is 4. The van der Waals surface area contributed by atoms with Gasteiger partial charge in [-0.05, 0) is 18.9 Å². The summed E-state index contributed by atoms with van der Waals surface area (Å²) in [7, 11) is 0. The van der Waals surface area contributed by atoms with Crippen LogP contribution >= 0.6 is 11.8 Å². The molecule has 0 unspecified atom stereocenters. The Morgan fingerprint density at radius 2 is 1.96 bits per heavy atom. The number of H-pyrrole nitrogens is 1. The second kappa shape index (κ2) is 6.47. The normalized spacial score (nSPS) is 21.4. The van der Waals surface area contributed by atoms with Crippen molar-refractivity contribution < 1.29 is 9.59 Å². The zero-order valence-electron chi connectivity index (χ0n) is 13.4. The van der Waals surface area contributed by atoms with E-state index < -0.39 is 0 Å². The van der Waals surface area contributed by atoms with Gasteiger partial charge in [0.2, 0.25) is 5.91 Å². The fourth-order valence-corrected chi connectivity index (χ4v) is 4.43. The zero-order chi connectivity index (χ0) is 16.5. The summed E-state index contributed by atoms with van der Waals surface area (Å²) in [5.41, 5.74) is 1.26. The van der Waals surface area contributed by atoms with E-state index in [1.54, 1.807) is 4.90 Å². The van der Waals surface area contributed by atoms with Crippen molar-refractivity contribution >= 4 is 34.5 Å². The van der Waals surface area contributed by atoms with Gasteiger partial charge in [0.1, 0.15) is 6.04 Å². The number of para-hydroxylation sites is 1. The molecule has 1 atom stereocenters. The molecule has 126 valence electrons. The van der Waals surface area contributed by atoms with E-state index in [1.807, 2.05) is 40.9 Å². The first-order valence-corrected chi connectivity index (χ1v) is 9.52. The standard InChI is InChI=1S/C17H20N4O2S/c22-16(20-8-10-24-11-9-20)14-6-3-7-21(14)17(23)15-12-4-1-2-5-13(12)18-19-15/h1-2,4-5,14H,3,6-11H2,(H,18,19)/t14-/m1/s1. The average Bonchev–Trinajstić information content (AvgIpc) is 3.28. The van der Waals surface area contributed by atoms with Crippen molar-refractivity contribution in [2.24, 2.45) is 0 Å². The lowest BCUT2D eigenvalue weighted by atomic mass is 10.1. The maximum atomic E-state index is 13.0. The Morgan fingerprint density at radius 1 is 1.17 bits per heavy atom. The first-order valence-electron chi connectivity index (χ1n) is 8.36. The highest BCUT2D eigenvalue weighted by Crippen LogP contribution is 2.25. The smallest absolute Gasteiger partial charge is 0.275 e. The Bertz CT molecular complexity index is 769. The van der Waals surface area contributed by atoms with Crippen molar-refractivity contribution in [2.45, 2.75) is 18.9 Å². The van der Waals surface area contributed by atoms with Crippen LogP contribution in [0.5, 0.6) is 0 Å². The highest BCUT2D eigenvalue weighted by molar-refractivity contribution is 7.99. The molecule has 1 aromatic heterocycles. The predicted molar refractivity (Wildman–Crippen MR) is 94.1 cm³/mol. The summed E-state index contributed by atoms with van der Waals surface area (Å²) in [5.74, 6) is 1.92. The van der Waals surface area contributed by atoms with Gasteiger partial charge in [-0.1, -0.05) is 18.2 Å². The van der Waals surface area contributed by atoms with E-state index in [-0.39, 0.29) is 17.9 Å². The van der Waals surface area contributed by atoms with E-state index in [1.165, 1.54) is 0 Å². The molecule has 0 aliphatic carbocycles. The van der Waals surface area contributed by atoms with E-state index in [2.05, 4.69) is 10.2 Å². The number of nitrogens with one attached hydrogen (secondary N) is 1. The van der Waals surface area contributed by atoms with Crippen LogP contribution < -0.4 is 0 Å². The van der Waals surface area contributed by atoms with Crippen LogP contribution in [0, 0.1) is 0 Å². The molecule has 0 spiro atoms. The lowest BCUT2D eigenvalue weighted by Crippen LogP contribution is -2.50. The molecular weight excluding hydrogens is 324 g/mol. The fourth-order valence-electron chi connectivity index (χ4n) is 3.52. The molecule has 2 saturated heterocycles. The molecule has 7 heteroatoms. The SMILES string of the molecule is O=C([C@H]1CCCN1C(=O)c1n[nH]c2ccccc12)N1CCSCC1. The Hall–Kier alpha value is -2.02. The van der Waals surface area contributed by atoms with E-state index in [4.69, 9.17) is 0 Å². The molecule has 24 heavy (non-hydrogen) atoms. The average molecular weight is 344 g/mol. The number of hydrogen-bond donors (Lipinski definition) is 1. The van der Waals surface area contributed by atoms with Crippen LogP contribution in [0.4, 0.5) is 0 Å². The summed E-state index contributed by atoms with van der Waals surface area (Å²) >= 11 is 1.88. The van der Waals surface area contributed by atoms with E-state index in [0.29, 0.717) is 12.2 Å². The number of carbonyl (C=O) groups excluding carboxylic acids is 2. The molecule has 1 aromatic carbocycles. The van der Waals surface area contributed by atoms with Gasteiger partial charge in [-0.2, -0.15) is 16.9 Å². The van der Waals surface area contributed by atoms with E-state index >= 15 is 0 Å². The molecule has 2 aliphatic rings. The van der Waals surface area contributed by atoms with Crippen LogP contribution in [0.3, 0.4) is 0 Å². The molecule has 2 aromatic rings. The van der Waals surface area contributed by atoms with Crippen LogP contribution in [-0.2, 0) is 4.79 Å². The number of aromatic nitrogens is 2. The molecule has 2 fully saturated rings. The molecular formula is C17H20N4O2S. The highest BCUT2D eigenvalue weighted by Gasteiger charge is 2.38. The van der Waals surface area contributed by atoms with Crippen molar-refractivity contribution in [1.82, 2.24) is 20.0 Å². The molecule has 3 heterocycles. The van der Waals surface area contributed by atoms with Crippen molar-refractivity contribution in [3.63, 3.8) is 0 Å². The lowest BCUT2D eigenvalue weighted by Gasteiger charge is -2.32. The first-order chi connectivity index (χ1) is 11.8. The summed E-state index contributed by atoms with van der Waals surface area (Å²) in [6, 6.07) is 7.26. The molecule has 0 radical (unpaired) electrons. The van der Waals surface area contributed by atoms with Crippen molar-refractivity contribution in [2.75, 3.05) is 31.1 Å². The minimum absolute atomic E-state index is 0.0981. The summed E-state index contributed by atoms with van der Waals surface area (Å²) in [4.78, 5) is 29.5. The fraction of sp³-hybridized carbons (Fsp3) is 0.471. The lowest BCUT2D eigenvalue weighted by molar-refractivity contribution is -0.134. The number of thioether (sulfide) groups is 1. The quantitative estimate of drug-likeness (QED) is 0.901. The number of carbonyl (C=O) groups is 2.